The average molecular weight is 228 g/mol. The molecule has 2 unspecified atom stereocenters. The van der Waals surface area contributed by atoms with Crippen molar-refractivity contribution in [2.45, 2.75) is 72.4 Å². The minimum Gasteiger partial charge on any atom is -0.317 e. The van der Waals surface area contributed by atoms with Gasteiger partial charge in [-0.1, -0.05) is 27.2 Å². The predicted molar refractivity (Wildman–Crippen MR) is 74.0 cm³/mol. The zero-order valence-corrected chi connectivity index (χ0v) is 12.1. The molecule has 0 fully saturated rings. The molecule has 1 N–H and O–H groups in total. The van der Waals surface area contributed by atoms with Crippen LogP contribution in [0.3, 0.4) is 0 Å². The first-order valence-electron chi connectivity index (χ1n) is 7.13. The Morgan fingerprint density at radius 2 is 1.75 bits per heavy atom. The van der Waals surface area contributed by atoms with Crippen LogP contribution in [0.1, 0.15) is 60.3 Å². The number of nitrogens with zero attached hydrogens (tertiary/aromatic N) is 1. The van der Waals surface area contributed by atoms with Crippen LogP contribution >= 0.6 is 0 Å². The van der Waals surface area contributed by atoms with Crippen molar-refractivity contribution in [3.63, 3.8) is 0 Å². The Morgan fingerprint density at radius 3 is 2.25 bits per heavy atom. The van der Waals surface area contributed by atoms with Crippen LogP contribution in [0.4, 0.5) is 0 Å². The molecule has 98 valence electrons. The van der Waals surface area contributed by atoms with Crippen LogP contribution in [-0.4, -0.2) is 36.6 Å². The van der Waals surface area contributed by atoms with Gasteiger partial charge in [-0.05, 0) is 52.7 Å². The van der Waals surface area contributed by atoms with Crippen LogP contribution in [0.5, 0.6) is 0 Å². The monoisotopic (exact) mass is 228 g/mol. The van der Waals surface area contributed by atoms with Gasteiger partial charge in [0.1, 0.15) is 0 Å². The van der Waals surface area contributed by atoms with E-state index in [4.69, 9.17) is 0 Å². The Kier molecular flexibility index (Phi) is 10.0. The highest BCUT2D eigenvalue weighted by molar-refractivity contribution is 4.73. The molecule has 0 aromatic rings. The first kappa shape index (κ1) is 15.9. The first-order chi connectivity index (χ1) is 7.67. The lowest BCUT2D eigenvalue weighted by Crippen LogP contribution is -2.42. The maximum Gasteiger partial charge on any atom is 0.00818 e. The number of unbranched alkanes of at least 4 members (excludes halogenated alkanes) is 1. The SMILES string of the molecule is CCCCN(C(C)CC)C(C)CCNCC. The van der Waals surface area contributed by atoms with E-state index in [9.17, 15) is 0 Å². The molecule has 0 bridgehead atoms. The van der Waals surface area contributed by atoms with Gasteiger partial charge >= 0.3 is 0 Å². The van der Waals surface area contributed by atoms with Crippen molar-refractivity contribution in [3.8, 4) is 0 Å². The summed E-state index contributed by atoms with van der Waals surface area (Å²) >= 11 is 0. The van der Waals surface area contributed by atoms with Crippen molar-refractivity contribution in [1.82, 2.24) is 10.2 Å². The second kappa shape index (κ2) is 10.1. The van der Waals surface area contributed by atoms with Gasteiger partial charge in [0, 0.05) is 12.1 Å². The summed E-state index contributed by atoms with van der Waals surface area (Å²) in [7, 11) is 0. The molecule has 0 aromatic heterocycles. The topological polar surface area (TPSA) is 15.3 Å². The van der Waals surface area contributed by atoms with Crippen LogP contribution in [0.2, 0.25) is 0 Å². The van der Waals surface area contributed by atoms with Gasteiger partial charge < -0.3 is 5.32 Å². The predicted octanol–water partition coefficient (Wildman–Crippen LogP) is 3.28. The van der Waals surface area contributed by atoms with E-state index in [0.717, 1.165) is 19.1 Å². The minimum atomic E-state index is 0.709. The summed E-state index contributed by atoms with van der Waals surface area (Å²) in [5.41, 5.74) is 0. The van der Waals surface area contributed by atoms with Gasteiger partial charge in [-0.2, -0.15) is 0 Å². The van der Waals surface area contributed by atoms with E-state index < -0.39 is 0 Å². The van der Waals surface area contributed by atoms with E-state index >= 15 is 0 Å². The molecule has 0 rings (SSSR count). The molecule has 0 saturated carbocycles. The van der Waals surface area contributed by atoms with Crippen LogP contribution in [0.15, 0.2) is 0 Å². The molecule has 2 nitrogen and oxygen atoms in total. The zero-order chi connectivity index (χ0) is 12.4. The van der Waals surface area contributed by atoms with Gasteiger partial charge in [-0.25, -0.2) is 0 Å². The van der Waals surface area contributed by atoms with Crippen LogP contribution in [0.25, 0.3) is 0 Å². The molecule has 0 aliphatic carbocycles. The Bertz CT molecular complexity index is 148. The third-order valence-corrected chi connectivity index (χ3v) is 3.48. The lowest BCUT2D eigenvalue weighted by Gasteiger charge is -2.34. The molecule has 0 aliphatic rings. The molecular weight excluding hydrogens is 196 g/mol. The van der Waals surface area contributed by atoms with E-state index in [0.29, 0.717) is 6.04 Å². The number of hydrogen-bond donors (Lipinski definition) is 1. The van der Waals surface area contributed by atoms with Gasteiger partial charge in [0.2, 0.25) is 0 Å². The van der Waals surface area contributed by atoms with Crippen molar-refractivity contribution in [3.05, 3.63) is 0 Å². The third kappa shape index (κ3) is 6.49. The average Bonchev–Trinajstić information content (AvgIpc) is 2.29. The Morgan fingerprint density at radius 1 is 1.06 bits per heavy atom. The highest BCUT2D eigenvalue weighted by Gasteiger charge is 2.17. The second-order valence-corrected chi connectivity index (χ2v) is 4.84. The fraction of sp³-hybridized carbons (Fsp3) is 1.00. The van der Waals surface area contributed by atoms with E-state index in [2.05, 4.69) is 44.8 Å². The standard InChI is InChI=1S/C14H32N2/c1-6-9-12-16(13(4)7-2)14(5)10-11-15-8-3/h13-15H,6-12H2,1-5H3. The van der Waals surface area contributed by atoms with Crippen molar-refractivity contribution in [2.75, 3.05) is 19.6 Å². The number of rotatable bonds is 10. The summed E-state index contributed by atoms with van der Waals surface area (Å²) in [5.74, 6) is 0. The summed E-state index contributed by atoms with van der Waals surface area (Å²) in [6.45, 7) is 15.0. The molecule has 2 heteroatoms. The number of nitrogens with one attached hydrogen (secondary N) is 1. The van der Waals surface area contributed by atoms with Gasteiger partial charge in [-0.3, -0.25) is 4.90 Å². The van der Waals surface area contributed by atoms with E-state index in [-0.39, 0.29) is 0 Å². The highest BCUT2D eigenvalue weighted by atomic mass is 15.2. The summed E-state index contributed by atoms with van der Waals surface area (Å²) in [5, 5.41) is 3.42. The molecule has 0 saturated heterocycles. The second-order valence-electron chi connectivity index (χ2n) is 4.84. The van der Waals surface area contributed by atoms with Gasteiger partial charge in [0.15, 0.2) is 0 Å². The lowest BCUT2D eigenvalue weighted by molar-refractivity contribution is 0.140. The minimum absolute atomic E-state index is 0.709. The summed E-state index contributed by atoms with van der Waals surface area (Å²) < 4.78 is 0. The van der Waals surface area contributed by atoms with E-state index in [1.54, 1.807) is 0 Å². The number of hydrogen-bond acceptors (Lipinski definition) is 2. The van der Waals surface area contributed by atoms with Crippen molar-refractivity contribution >= 4 is 0 Å². The third-order valence-electron chi connectivity index (χ3n) is 3.48. The maximum atomic E-state index is 3.42. The fourth-order valence-electron chi connectivity index (χ4n) is 2.10. The van der Waals surface area contributed by atoms with E-state index in [1.165, 1.54) is 32.2 Å². The molecule has 0 aliphatic heterocycles. The van der Waals surface area contributed by atoms with Crippen molar-refractivity contribution in [1.29, 1.82) is 0 Å². The summed E-state index contributed by atoms with van der Waals surface area (Å²) in [6, 6.07) is 1.43. The quantitative estimate of drug-likeness (QED) is 0.577. The Balaban J connectivity index is 4.03. The van der Waals surface area contributed by atoms with E-state index in [1.807, 2.05) is 0 Å². The van der Waals surface area contributed by atoms with Crippen molar-refractivity contribution in [2.24, 2.45) is 0 Å². The summed E-state index contributed by atoms with van der Waals surface area (Å²) in [6.07, 6.45) is 5.15. The van der Waals surface area contributed by atoms with Crippen LogP contribution < -0.4 is 5.32 Å². The Hall–Kier alpha value is -0.0800. The zero-order valence-electron chi connectivity index (χ0n) is 12.1. The van der Waals surface area contributed by atoms with Gasteiger partial charge in [0.05, 0.1) is 0 Å². The molecule has 0 amide bonds. The smallest absolute Gasteiger partial charge is 0.00818 e. The first-order valence-corrected chi connectivity index (χ1v) is 7.13. The largest absolute Gasteiger partial charge is 0.317 e. The molecule has 0 aromatic carbocycles. The molecule has 0 spiro atoms. The molecule has 0 heterocycles. The highest BCUT2D eigenvalue weighted by Crippen LogP contribution is 2.12. The van der Waals surface area contributed by atoms with Crippen LogP contribution in [-0.2, 0) is 0 Å². The van der Waals surface area contributed by atoms with Crippen LogP contribution in [0, 0.1) is 0 Å². The summed E-state index contributed by atoms with van der Waals surface area (Å²) in [4.78, 5) is 2.68. The fourth-order valence-corrected chi connectivity index (χ4v) is 2.10. The van der Waals surface area contributed by atoms with Gasteiger partial charge in [-0.15, -0.1) is 0 Å². The normalized spacial score (nSPS) is 15.4. The molecule has 0 radical (unpaired) electrons. The molecule has 2 atom stereocenters. The molecule has 16 heavy (non-hydrogen) atoms. The Labute approximate surface area is 103 Å². The van der Waals surface area contributed by atoms with Gasteiger partial charge in [0.25, 0.3) is 0 Å². The molecular formula is C14H32N2. The lowest BCUT2D eigenvalue weighted by atomic mass is 10.1. The van der Waals surface area contributed by atoms with Crippen molar-refractivity contribution < 1.29 is 0 Å². The maximum absolute atomic E-state index is 3.42.